The molecule has 0 aromatic heterocycles. The summed E-state index contributed by atoms with van der Waals surface area (Å²) in [4.78, 5) is 0. The van der Waals surface area contributed by atoms with Crippen molar-refractivity contribution in [1.29, 1.82) is 0 Å². The fraction of sp³-hybridized carbons (Fsp3) is 1.00. The van der Waals surface area contributed by atoms with E-state index in [4.69, 9.17) is 0 Å². The SMILES string of the molecule is C[SiH](C)N[SiH]=O. The van der Waals surface area contributed by atoms with E-state index in [2.05, 4.69) is 17.7 Å². The number of nitrogens with one attached hydrogen (secondary N) is 1. The van der Waals surface area contributed by atoms with Crippen LogP contribution in [-0.4, -0.2) is 18.5 Å². The van der Waals surface area contributed by atoms with Crippen LogP contribution in [0, 0.1) is 0 Å². The first kappa shape index (κ1) is 6.03. The molecule has 36 valence electrons. The van der Waals surface area contributed by atoms with Crippen molar-refractivity contribution in [2.45, 2.75) is 13.1 Å². The van der Waals surface area contributed by atoms with Crippen molar-refractivity contribution < 1.29 is 4.46 Å². The first-order valence-electron chi connectivity index (χ1n) is 1.97. The Balaban J connectivity index is 2.81. The highest BCUT2D eigenvalue weighted by Gasteiger charge is 1.85. The van der Waals surface area contributed by atoms with Crippen LogP contribution in [-0.2, 0) is 4.46 Å². The molecule has 2 nitrogen and oxygen atoms in total. The zero-order valence-corrected chi connectivity index (χ0v) is 6.37. The van der Waals surface area contributed by atoms with Crippen LogP contribution < -0.4 is 4.65 Å². The van der Waals surface area contributed by atoms with E-state index in [0.717, 1.165) is 0 Å². The second-order valence-corrected chi connectivity index (χ2v) is 5.32. The van der Waals surface area contributed by atoms with Gasteiger partial charge in [0.2, 0.25) is 0 Å². The maximum atomic E-state index is 9.75. The first-order valence-corrected chi connectivity index (χ1v) is 5.90. The van der Waals surface area contributed by atoms with Gasteiger partial charge >= 0.3 is 9.57 Å². The summed E-state index contributed by atoms with van der Waals surface area (Å²) < 4.78 is 12.6. The molecule has 0 aromatic rings. The van der Waals surface area contributed by atoms with Crippen LogP contribution >= 0.6 is 0 Å². The van der Waals surface area contributed by atoms with Crippen LogP contribution in [0.15, 0.2) is 0 Å². The zero-order chi connectivity index (χ0) is 4.99. The van der Waals surface area contributed by atoms with E-state index in [9.17, 15) is 4.46 Å². The van der Waals surface area contributed by atoms with Crippen LogP contribution in [0.3, 0.4) is 0 Å². The Labute approximate surface area is 41.6 Å². The molecule has 0 radical (unpaired) electrons. The van der Waals surface area contributed by atoms with Gasteiger partial charge in [-0.05, 0) is 0 Å². The number of rotatable bonds is 2. The second kappa shape index (κ2) is 3.23. The maximum absolute atomic E-state index is 9.75. The molecule has 0 spiro atoms. The summed E-state index contributed by atoms with van der Waals surface area (Å²) in [5.74, 6) is 0. The Morgan fingerprint density at radius 3 is 2.17 bits per heavy atom. The second-order valence-electron chi connectivity index (χ2n) is 1.44. The fourth-order valence-electron chi connectivity index (χ4n) is 0.136. The van der Waals surface area contributed by atoms with Crippen molar-refractivity contribution in [3.05, 3.63) is 0 Å². The lowest BCUT2D eigenvalue weighted by Crippen LogP contribution is -2.26. The van der Waals surface area contributed by atoms with Crippen LogP contribution in [0.25, 0.3) is 0 Å². The van der Waals surface area contributed by atoms with Crippen molar-refractivity contribution in [3.8, 4) is 0 Å². The molecule has 0 unspecified atom stereocenters. The number of hydrogen-bond donors (Lipinski definition) is 1. The molecule has 0 amide bonds. The lowest BCUT2D eigenvalue weighted by molar-refractivity contribution is 0.574. The van der Waals surface area contributed by atoms with E-state index >= 15 is 0 Å². The minimum atomic E-state index is -0.696. The average molecular weight is 119 g/mol. The third kappa shape index (κ3) is 4.03. The van der Waals surface area contributed by atoms with Crippen molar-refractivity contribution in [1.82, 2.24) is 4.65 Å². The monoisotopic (exact) mass is 119 g/mol. The quantitative estimate of drug-likeness (QED) is 0.485. The van der Waals surface area contributed by atoms with Gasteiger partial charge in [-0.3, -0.25) is 0 Å². The highest BCUT2D eigenvalue weighted by Crippen LogP contribution is 1.62. The molecule has 1 N–H and O–H groups in total. The first-order chi connectivity index (χ1) is 2.77. The fourth-order valence-corrected chi connectivity index (χ4v) is 1.22. The smallest absolute Gasteiger partial charge is 0.368 e. The highest BCUT2D eigenvalue weighted by molar-refractivity contribution is 6.59. The standard InChI is InChI=1S/C2H9NOSi2/c1-6(2)3-5-4/h3,5-6H,1-2H3. The van der Waals surface area contributed by atoms with Crippen molar-refractivity contribution in [3.63, 3.8) is 0 Å². The number of hydrogen-bond acceptors (Lipinski definition) is 1. The van der Waals surface area contributed by atoms with Crippen LogP contribution in [0.5, 0.6) is 0 Å². The summed E-state index contributed by atoms with van der Waals surface area (Å²) in [7, 11) is -1.38. The molecule has 0 fully saturated rings. The van der Waals surface area contributed by atoms with Crippen molar-refractivity contribution in [2.75, 3.05) is 0 Å². The molecule has 0 aliphatic rings. The van der Waals surface area contributed by atoms with Crippen LogP contribution in [0.2, 0.25) is 13.1 Å². The largest absolute Gasteiger partial charge is 0.421 e. The highest BCUT2D eigenvalue weighted by atomic mass is 28.3. The minimum Gasteiger partial charge on any atom is -0.421 e. The molecular weight excluding hydrogens is 110 g/mol. The summed E-state index contributed by atoms with van der Waals surface area (Å²) in [6.45, 7) is 4.20. The molecule has 6 heavy (non-hydrogen) atoms. The normalized spacial score (nSPS) is 8.50. The lowest BCUT2D eigenvalue weighted by atomic mass is 11.9. The molecule has 0 atom stereocenters. The third-order valence-electron chi connectivity index (χ3n) is 0.401. The van der Waals surface area contributed by atoms with Gasteiger partial charge in [0.15, 0.2) is 0 Å². The third-order valence-corrected chi connectivity index (χ3v) is 3.61. The van der Waals surface area contributed by atoms with Gasteiger partial charge in [0.1, 0.15) is 8.96 Å². The van der Waals surface area contributed by atoms with E-state index in [1.54, 1.807) is 0 Å². The molecule has 0 aromatic carbocycles. The van der Waals surface area contributed by atoms with Crippen LogP contribution in [0.1, 0.15) is 0 Å². The van der Waals surface area contributed by atoms with Gasteiger partial charge in [0, 0.05) is 0 Å². The Morgan fingerprint density at radius 2 is 2.17 bits per heavy atom. The minimum absolute atomic E-state index is 0.686. The molecule has 0 bridgehead atoms. The van der Waals surface area contributed by atoms with Gasteiger partial charge in [-0.2, -0.15) is 0 Å². The van der Waals surface area contributed by atoms with Gasteiger partial charge in [0.25, 0.3) is 0 Å². The lowest BCUT2D eigenvalue weighted by Gasteiger charge is -1.93. The van der Waals surface area contributed by atoms with E-state index < -0.39 is 18.5 Å². The van der Waals surface area contributed by atoms with Gasteiger partial charge in [-0.1, -0.05) is 13.1 Å². The Kier molecular flexibility index (Phi) is 3.25. The van der Waals surface area contributed by atoms with Crippen molar-refractivity contribution in [2.24, 2.45) is 0 Å². The summed E-state index contributed by atoms with van der Waals surface area (Å²) >= 11 is 0. The zero-order valence-electron chi connectivity index (χ0n) is 4.06. The molecule has 0 saturated heterocycles. The maximum Gasteiger partial charge on any atom is 0.368 e. The summed E-state index contributed by atoms with van der Waals surface area (Å²) in [6, 6.07) is 0. The van der Waals surface area contributed by atoms with Crippen LogP contribution in [0.4, 0.5) is 0 Å². The molecule has 4 heteroatoms. The summed E-state index contributed by atoms with van der Waals surface area (Å²) in [6.07, 6.45) is 0. The molecule has 0 aliphatic heterocycles. The van der Waals surface area contributed by atoms with E-state index in [1.807, 2.05) is 0 Å². The van der Waals surface area contributed by atoms with Gasteiger partial charge in [-0.15, -0.1) is 0 Å². The molecule has 0 heterocycles. The van der Waals surface area contributed by atoms with Crippen molar-refractivity contribution >= 4 is 18.5 Å². The van der Waals surface area contributed by atoms with E-state index in [-0.39, 0.29) is 0 Å². The van der Waals surface area contributed by atoms with E-state index in [1.165, 1.54) is 0 Å². The predicted octanol–water partition coefficient (Wildman–Crippen LogP) is -0.744. The molecule has 0 aliphatic carbocycles. The Bertz CT molecular complexity index is 46.8. The summed E-state index contributed by atoms with van der Waals surface area (Å²) in [5, 5.41) is 0. The van der Waals surface area contributed by atoms with Gasteiger partial charge in [0.05, 0.1) is 0 Å². The predicted molar refractivity (Wildman–Crippen MR) is 29.8 cm³/mol. The van der Waals surface area contributed by atoms with Gasteiger partial charge in [-0.25, -0.2) is 0 Å². The summed E-state index contributed by atoms with van der Waals surface area (Å²) in [5.41, 5.74) is 0. The topological polar surface area (TPSA) is 29.1 Å². The molecule has 0 saturated carbocycles. The average Bonchev–Trinajstić information content (AvgIpc) is 1.35. The van der Waals surface area contributed by atoms with E-state index in [0.29, 0.717) is 0 Å². The molecular formula is C2H9NOSi2. The Hall–Kier alpha value is 0.0338. The molecule has 0 rings (SSSR count). The van der Waals surface area contributed by atoms with Gasteiger partial charge < -0.3 is 9.11 Å². The Morgan fingerprint density at radius 1 is 1.67 bits per heavy atom.